The lowest BCUT2D eigenvalue weighted by atomic mass is 9.40. The van der Waals surface area contributed by atoms with Gasteiger partial charge in [-0.05, 0) is 67.1 Å². The molecular weight excluding hydrogens is 466 g/mol. The highest BCUT2D eigenvalue weighted by Crippen LogP contribution is 2.69. The largest absolute Gasteiger partial charge is 0.456 e. The van der Waals surface area contributed by atoms with Crippen LogP contribution in [0.1, 0.15) is 99.3 Å². The van der Waals surface area contributed by atoms with Crippen LogP contribution in [-0.2, 0) is 23.9 Å². The Morgan fingerprint density at radius 1 is 1.08 bits per heavy atom. The van der Waals surface area contributed by atoms with Crippen molar-refractivity contribution in [2.24, 2.45) is 45.8 Å². The third-order valence-corrected chi connectivity index (χ3v) is 11.4. The van der Waals surface area contributed by atoms with E-state index >= 15 is 0 Å². The molecule has 2 unspecified atom stereocenters. The zero-order chi connectivity index (χ0) is 26.8. The van der Waals surface area contributed by atoms with E-state index in [0.717, 1.165) is 26.2 Å². The molecule has 0 aliphatic heterocycles. The fourth-order valence-electron chi connectivity index (χ4n) is 8.71. The van der Waals surface area contributed by atoms with Crippen molar-refractivity contribution in [3.05, 3.63) is 0 Å². The Labute approximate surface area is 213 Å². The van der Waals surface area contributed by atoms with Gasteiger partial charge in [-0.2, -0.15) is 0 Å². The van der Waals surface area contributed by atoms with Crippen molar-refractivity contribution in [3.63, 3.8) is 0 Å². The second kappa shape index (κ2) is 8.97. The van der Waals surface area contributed by atoms with Gasteiger partial charge in [0.25, 0.3) is 5.92 Å². The monoisotopic (exact) mass is 508 g/mol. The van der Waals surface area contributed by atoms with Crippen LogP contribution in [0.2, 0.25) is 0 Å². The standard InChI is InChI=1S/C29H42F2O5/c1-16(7-10-24(35)36-17(2)29(6,30)31)19-8-9-20-25-21(13-23(34)28(19,20)5)27(4)12-11-18(32)14-26(27,3)15-22(25)33/h16-17,19-21,25H,7-15H2,1-6H3/t16?,17?,19-,20+,21+,25+,26+,27-,28-/m1/s1. The first-order chi connectivity index (χ1) is 16.5. The van der Waals surface area contributed by atoms with E-state index in [1.54, 1.807) is 0 Å². The molecule has 0 saturated heterocycles. The minimum atomic E-state index is -3.09. The molecule has 9 atom stereocenters. The Morgan fingerprint density at radius 2 is 1.75 bits per heavy atom. The molecule has 5 nitrogen and oxygen atoms in total. The maximum Gasteiger partial charge on any atom is 0.306 e. The van der Waals surface area contributed by atoms with Gasteiger partial charge in [-0.15, -0.1) is 0 Å². The van der Waals surface area contributed by atoms with Crippen molar-refractivity contribution >= 4 is 23.3 Å². The Kier molecular flexibility index (Phi) is 6.82. The Balaban J connectivity index is 1.50. The minimum absolute atomic E-state index is 0.0199. The van der Waals surface area contributed by atoms with Gasteiger partial charge in [-0.1, -0.05) is 27.7 Å². The van der Waals surface area contributed by atoms with Crippen molar-refractivity contribution < 1.29 is 32.7 Å². The molecule has 4 rings (SSSR count). The molecule has 0 amide bonds. The van der Waals surface area contributed by atoms with Gasteiger partial charge in [0, 0.05) is 50.4 Å². The van der Waals surface area contributed by atoms with Crippen LogP contribution in [-0.4, -0.2) is 35.3 Å². The van der Waals surface area contributed by atoms with Crippen LogP contribution in [0.4, 0.5) is 8.78 Å². The van der Waals surface area contributed by atoms with Gasteiger partial charge >= 0.3 is 5.97 Å². The van der Waals surface area contributed by atoms with Crippen LogP contribution in [0, 0.1) is 45.8 Å². The first kappa shape index (κ1) is 27.4. The lowest BCUT2D eigenvalue weighted by Crippen LogP contribution is -2.63. The van der Waals surface area contributed by atoms with Crippen LogP contribution in [0.15, 0.2) is 0 Å². The first-order valence-corrected chi connectivity index (χ1v) is 13.7. The van der Waals surface area contributed by atoms with E-state index < -0.39 is 23.4 Å². The summed E-state index contributed by atoms with van der Waals surface area (Å²) < 4.78 is 31.7. The summed E-state index contributed by atoms with van der Waals surface area (Å²) in [6.07, 6.45) is 3.10. The van der Waals surface area contributed by atoms with E-state index in [1.807, 2.05) is 13.8 Å². The van der Waals surface area contributed by atoms with Crippen LogP contribution in [0.5, 0.6) is 0 Å². The highest BCUT2D eigenvalue weighted by Gasteiger charge is 2.68. The highest BCUT2D eigenvalue weighted by atomic mass is 19.3. The lowest BCUT2D eigenvalue weighted by Gasteiger charge is -2.63. The summed E-state index contributed by atoms with van der Waals surface area (Å²) in [5.41, 5.74) is -1.22. The van der Waals surface area contributed by atoms with Crippen molar-refractivity contribution in [2.45, 2.75) is 111 Å². The molecule has 0 bridgehead atoms. The van der Waals surface area contributed by atoms with E-state index in [1.165, 1.54) is 6.92 Å². The van der Waals surface area contributed by atoms with Crippen molar-refractivity contribution in [3.8, 4) is 0 Å². The molecule has 0 aromatic rings. The van der Waals surface area contributed by atoms with E-state index in [2.05, 4.69) is 13.8 Å². The summed E-state index contributed by atoms with van der Waals surface area (Å²) in [5, 5.41) is 0. The van der Waals surface area contributed by atoms with Crippen LogP contribution in [0.25, 0.3) is 0 Å². The third-order valence-electron chi connectivity index (χ3n) is 11.4. The van der Waals surface area contributed by atoms with Crippen LogP contribution >= 0.6 is 0 Å². The maximum atomic E-state index is 13.9. The molecule has 4 aliphatic rings. The first-order valence-electron chi connectivity index (χ1n) is 13.7. The second-order valence-corrected chi connectivity index (χ2v) is 13.3. The average Bonchev–Trinajstić information content (AvgIpc) is 3.12. The predicted molar refractivity (Wildman–Crippen MR) is 130 cm³/mol. The number of fused-ring (bicyclic) bond motifs is 5. The molecule has 36 heavy (non-hydrogen) atoms. The maximum absolute atomic E-state index is 13.9. The molecule has 202 valence electrons. The summed E-state index contributed by atoms with van der Waals surface area (Å²) in [4.78, 5) is 52.1. The molecule has 7 heteroatoms. The van der Waals surface area contributed by atoms with E-state index in [0.29, 0.717) is 32.1 Å². The summed E-state index contributed by atoms with van der Waals surface area (Å²) in [5.74, 6) is -3.24. The number of Topliss-reactive ketones (excluding diaryl/α,β-unsaturated/α-hetero) is 3. The molecule has 0 spiro atoms. The number of carbonyl (C=O) groups is 4. The molecule has 0 aromatic carbocycles. The molecule has 4 saturated carbocycles. The number of alkyl halides is 2. The predicted octanol–water partition coefficient (Wildman–Crippen LogP) is 5.97. The van der Waals surface area contributed by atoms with Crippen LogP contribution < -0.4 is 0 Å². The normalized spacial score (nSPS) is 42.3. The molecule has 4 fully saturated rings. The summed E-state index contributed by atoms with van der Waals surface area (Å²) in [6.45, 7) is 10.3. The Hall–Kier alpha value is -1.66. The van der Waals surface area contributed by atoms with Gasteiger partial charge in [0.05, 0.1) is 0 Å². The molecular formula is C29H42F2O5. The molecule has 0 N–H and O–H groups in total. The fourth-order valence-corrected chi connectivity index (χ4v) is 8.71. The van der Waals surface area contributed by atoms with Crippen molar-refractivity contribution in [1.29, 1.82) is 0 Å². The summed E-state index contributed by atoms with van der Waals surface area (Å²) in [6, 6.07) is 0. The molecule has 0 radical (unpaired) electrons. The minimum Gasteiger partial charge on any atom is -0.456 e. The smallest absolute Gasteiger partial charge is 0.306 e. The quantitative estimate of drug-likeness (QED) is 0.414. The SMILES string of the molecule is CC(CCC(=O)OC(C)C(C)(F)F)[C@H]1CC[C@H]2[C@@H]3C(=O)C[C@]4(C)CC(=O)CC[C@]4(C)[C@H]3CC(=O)[C@]12C. The Bertz CT molecular complexity index is 956. The van der Waals surface area contributed by atoms with Crippen molar-refractivity contribution in [1.82, 2.24) is 0 Å². The lowest BCUT2D eigenvalue weighted by molar-refractivity contribution is -0.178. The number of ketones is 3. The van der Waals surface area contributed by atoms with E-state index in [4.69, 9.17) is 4.74 Å². The number of hydrogen-bond donors (Lipinski definition) is 0. The van der Waals surface area contributed by atoms with Crippen molar-refractivity contribution in [2.75, 3.05) is 0 Å². The number of ether oxygens (including phenoxy) is 1. The zero-order valence-corrected chi connectivity index (χ0v) is 22.6. The van der Waals surface area contributed by atoms with Gasteiger partial charge in [0.2, 0.25) is 0 Å². The number of hydrogen-bond acceptors (Lipinski definition) is 5. The summed E-state index contributed by atoms with van der Waals surface area (Å²) >= 11 is 0. The third kappa shape index (κ3) is 4.16. The van der Waals surface area contributed by atoms with Gasteiger partial charge in [-0.3, -0.25) is 19.2 Å². The molecule has 0 heterocycles. The topological polar surface area (TPSA) is 77.5 Å². The fraction of sp³-hybridized carbons (Fsp3) is 0.862. The van der Waals surface area contributed by atoms with Gasteiger partial charge < -0.3 is 4.74 Å². The van der Waals surface area contributed by atoms with E-state index in [-0.39, 0.29) is 64.2 Å². The number of rotatable bonds is 6. The van der Waals surface area contributed by atoms with Gasteiger partial charge in [0.15, 0.2) is 6.10 Å². The number of halogens is 2. The van der Waals surface area contributed by atoms with Gasteiger partial charge in [-0.25, -0.2) is 8.78 Å². The zero-order valence-electron chi connectivity index (χ0n) is 22.6. The van der Waals surface area contributed by atoms with Crippen LogP contribution in [0.3, 0.4) is 0 Å². The number of carbonyl (C=O) groups excluding carboxylic acids is 4. The van der Waals surface area contributed by atoms with E-state index in [9.17, 15) is 28.0 Å². The second-order valence-electron chi connectivity index (χ2n) is 13.3. The average molecular weight is 509 g/mol. The highest BCUT2D eigenvalue weighted by molar-refractivity contribution is 5.93. The molecule has 4 aliphatic carbocycles. The Morgan fingerprint density at radius 3 is 2.39 bits per heavy atom. The molecule has 0 aromatic heterocycles. The number of esters is 1. The van der Waals surface area contributed by atoms with Gasteiger partial charge in [0.1, 0.15) is 17.3 Å². The summed E-state index contributed by atoms with van der Waals surface area (Å²) in [7, 11) is 0.